The fraction of sp³-hybridized carbons (Fsp3) is 0.105. The van der Waals surface area contributed by atoms with Crippen LogP contribution in [0, 0.1) is 13.8 Å². The van der Waals surface area contributed by atoms with E-state index in [0.29, 0.717) is 0 Å². The number of aryl methyl sites for hydroxylation is 2. The molecule has 2 aromatic heterocycles. The number of hydrogen-bond donors (Lipinski definition) is 0. The van der Waals surface area contributed by atoms with Crippen LogP contribution in [-0.4, -0.2) is 9.38 Å². The lowest BCUT2D eigenvalue weighted by Gasteiger charge is -2.08. The highest BCUT2D eigenvalue weighted by Crippen LogP contribution is 2.26. The normalized spacial score (nSPS) is 11.3. The zero-order chi connectivity index (χ0) is 14.4. The molecule has 2 heterocycles. The van der Waals surface area contributed by atoms with E-state index in [-0.39, 0.29) is 0 Å². The molecule has 0 aliphatic rings. The minimum atomic E-state index is 1.01. The van der Waals surface area contributed by atoms with Gasteiger partial charge in [0.25, 0.3) is 0 Å². The molecule has 0 unspecified atom stereocenters. The minimum Gasteiger partial charge on any atom is -0.297 e. The van der Waals surface area contributed by atoms with Crippen LogP contribution in [0.2, 0.25) is 0 Å². The molecule has 102 valence electrons. The first kappa shape index (κ1) is 12.2. The van der Waals surface area contributed by atoms with Crippen LogP contribution in [-0.2, 0) is 0 Å². The van der Waals surface area contributed by atoms with Crippen molar-refractivity contribution in [1.29, 1.82) is 0 Å². The van der Waals surface area contributed by atoms with Crippen LogP contribution < -0.4 is 0 Å². The fourth-order valence-electron chi connectivity index (χ4n) is 3.03. The summed E-state index contributed by atoms with van der Waals surface area (Å²) in [5.74, 6) is 0. The predicted molar refractivity (Wildman–Crippen MR) is 87.6 cm³/mol. The molecule has 0 aliphatic heterocycles. The molecule has 0 spiro atoms. The Morgan fingerprint density at radius 3 is 2.52 bits per heavy atom. The molecular formula is C19H16N2. The second-order valence-corrected chi connectivity index (χ2v) is 5.57. The number of pyridine rings is 1. The summed E-state index contributed by atoms with van der Waals surface area (Å²) in [6.45, 7) is 4.24. The highest BCUT2D eigenvalue weighted by molar-refractivity contribution is 5.87. The van der Waals surface area contributed by atoms with Crippen LogP contribution in [0.5, 0.6) is 0 Å². The molecule has 0 saturated carbocycles. The Hall–Kier alpha value is -2.61. The van der Waals surface area contributed by atoms with E-state index in [0.717, 1.165) is 11.3 Å². The number of nitrogens with zero attached hydrogens (tertiary/aromatic N) is 2. The molecule has 0 fully saturated rings. The molecule has 2 aromatic carbocycles. The van der Waals surface area contributed by atoms with Crippen LogP contribution >= 0.6 is 0 Å². The molecule has 2 heteroatoms. The van der Waals surface area contributed by atoms with Crippen molar-refractivity contribution in [2.45, 2.75) is 13.8 Å². The molecule has 0 saturated heterocycles. The van der Waals surface area contributed by atoms with Gasteiger partial charge in [-0.3, -0.25) is 4.40 Å². The van der Waals surface area contributed by atoms with Gasteiger partial charge in [-0.15, -0.1) is 0 Å². The van der Waals surface area contributed by atoms with Crippen molar-refractivity contribution in [1.82, 2.24) is 9.38 Å². The van der Waals surface area contributed by atoms with E-state index >= 15 is 0 Å². The maximum absolute atomic E-state index is 4.56. The van der Waals surface area contributed by atoms with Gasteiger partial charge in [0.15, 0.2) is 0 Å². The monoisotopic (exact) mass is 272 g/mol. The summed E-state index contributed by atoms with van der Waals surface area (Å²) in [6, 6.07) is 19.3. The molecule has 0 bridgehead atoms. The average Bonchev–Trinajstić information content (AvgIpc) is 2.90. The van der Waals surface area contributed by atoms with Gasteiger partial charge in [-0.2, -0.15) is 0 Å². The summed E-state index contributed by atoms with van der Waals surface area (Å²) in [5, 5.41) is 2.53. The van der Waals surface area contributed by atoms with E-state index < -0.39 is 0 Å². The second-order valence-electron chi connectivity index (χ2n) is 5.57. The smallest absolute Gasteiger partial charge is 0.137 e. The lowest BCUT2D eigenvalue weighted by Crippen LogP contribution is -1.94. The highest BCUT2D eigenvalue weighted by Gasteiger charge is 2.09. The van der Waals surface area contributed by atoms with Crippen molar-refractivity contribution in [3.05, 3.63) is 72.1 Å². The maximum Gasteiger partial charge on any atom is 0.137 e. The summed E-state index contributed by atoms with van der Waals surface area (Å²) >= 11 is 0. The summed E-state index contributed by atoms with van der Waals surface area (Å²) in [6.07, 6.45) is 1.96. The second kappa shape index (κ2) is 4.45. The van der Waals surface area contributed by atoms with E-state index in [9.17, 15) is 0 Å². The van der Waals surface area contributed by atoms with Gasteiger partial charge in [-0.25, -0.2) is 4.98 Å². The van der Waals surface area contributed by atoms with Crippen molar-refractivity contribution < 1.29 is 0 Å². The highest BCUT2D eigenvalue weighted by atomic mass is 15.0. The summed E-state index contributed by atoms with van der Waals surface area (Å²) in [4.78, 5) is 4.56. The predicted octanol–water partition coefficient (Wildman–Crippen LogP) is 4.77. The van der Waals surface area contributed by atoms with E-state index in [1.807, 2.05) is 6.20 Å². The topological polar surface area (TPSA) is 17.3 Å². The van der Waals surface area contributed by atoms with Gasteiger partial charge < -0.3 is 0 Å². The van der Waals surface area contributed by atoms with Crippen molar-refractivity contribution >= 4 is 16.4 Å². The van der Waals surface area contributed by atoms with Crippen molar-refractivity contribution in [2.75, 3.05) is 0 Å². The average molecular weight is 272 g/mol. The molecule has 4 aromatic rings. The first-order valence-electron chi connectivity index (χ1n) is 7.16. The standard InChI is InChI=1S/C19H16N2/c1-13-9-14(2)21-18(12-20-19(21)10-13)17-8-7-15-5-3-4-6-16(15)11-17/h3-12H,1-2H3. The summed E-state index contributed by atoms with van der Waals surface area (Å²) in [5.41, 5.74) is 5.82. The van der Waals surface area contributed by atoms with Gasteiger partial charge in [-0.1, -0.05) is 36.4 Å². The molecule has 0 atom stereocenters. The Labute approximate surface area is 123 Å². The zero-order valence-electron chi connectivity index (χ0n) is 12.2. The third-order valence-electron chi connectivity index (χ3n) is 3.98. The fourth-order valence-corrected chi connectivity index (χ4v) is 3.03. The van der Waals surface area contributed by atoms with Crippen LogP contribution in [0.15, 0.2) is 60.8 Å². The van der Waals surface area contributed by atoms with Crippen molar-refractivity contribution in [3.8, 4) is 11.3 Å². The van der Waals surface area contributed by atoms with Crippen LogP contribution in [0.3, 0.4) is 0 Å². The molecule has 4 rings (SSSR count). The van der Waals surface area contributed by atoms with Gasteiger partial charge >= 0.3 is 0 Å². The molecule has 0 N–H and O–H groups in total. The summed E-state index contributed by atoms with van der Waals surface area (Å²) < 4.78 is 2.22. The van der Waals surface area contributed by atoms with Crippen LogP contribution in [0.25, 0.3) is 27.7 Å². The molecule has 2 nitrogen and oxygen atoms in total. The third kappa shape index (κ3) is 1.91. The molecule has 0 aliphatic carbocycles. The van der Waals surface area contributed by atoms with Crippen LogP contribution in [0.4, 0.5) is 0 Å². The van der Waals surface area contributed by atoms with Crippen molar-refractivity contribution in [3.63, 3.8) is 0 Å². The number of aromatic nitrogens is 2. The number of fused-ring (bicyclic) bond motifs is 2. The van der Waals surface area contributed by atoms with Gasteiger partial charge in [0.1, 0.15) is 5.65 Å². The molecule has 21 heavy (non-hydrogen) atoms. The largest absolute Gasteiger partial charge is 0.297 e. The van der Waals surface area contributed by atoms with Crippen LogP contribution in [0.1, 0.15) is 11.3 Å². The quantitative estimate of drug-likeness (QED) is 0.488. The van der Waals surface area contributed by atoms with E-state index in [1.165, 1.54) is 27.6 Å². The minimum absolute atomic E-state index is 1.01. The Balaban J connectivity index is 2.00. The lowest BCUT2D eigenvalue weighted by molar-refractivity contribution is 1.09. The molecule has 0 radical (unpaired) electrons. The number of rotatable bonds is 1. The first-order valence-corrected chi connectivity index (χ1v) is 7.16. The Kier molecular flexibility index (Phi) is 2.58. The zero-order valence-corrected chi connectivity index (χ0v) is 12.2. The lowest BCUT2D eigenvalue weighted by atomic mass is 10.1. The third-order valence-corrected chi connectivity index (χ3v) is 3.98. The summed E-state index contributed by atoms with van der Waals surface area (Å²) in [7, 11) is 0. The molecule has 0 amide bonds. The number of benzene rings is 2. The SMILES string of the molecule is Cc1cc(C)n2c(-c3ccc4ccccc4c3)cnc2c1. The van der Waals surface area contributed by atoms with E-state index in [4.69, 9.17) is 0 Å². The van der Waals surface area contributed by atoms with Gasteiger partial charge in [0.2, 0.25) is 0 Å². The Morgan fingerprint density at radius 2 is 1.67 bits per heavy atom. The number of hydrogen-bond acceptors (Lipinski definition) is 1. The first-order chi connectivity index (χ1) is 10.2. The number of imidazole rings is 1. The van der Waals surface area contributed by atoms with Gasteiger partial charge in [-0.05, 0) is 48.4 Å². The van der Waals surface area contributed by atoms with E-state index in [2.05, 4.69) is 77.8 Å². The Morgan fingerprint density at radius 1 is 0.857 bits per heavy atom. The van der Waals surface area contributed by atoms with Gasteiger partial charge in [0.05, 0.1) is 11.9 Å². The van der Waals surface area contributed by atoms with Gasteiger partial charge in [0, 0.05) is 11.3 Å². The van der Waals surface area contributed by atoms with Crippen molar-refractivity contribution in [2.24, 2.45) is 0 Å². The van der Waals surface area contributed by atoms with E-state index in [1.54, 1.807) is 0 Å². The Bertz CT molecular complexity index is 964. The maximum atomic E-state index is 4.56. The molecular weight excluding hydrogens is 256 g/mol.